The van der Waals surface area contributed by atoms with Gasteiger partial charge in [-0.3, -0.25) is 10.1 Å². The fourth-order valence-corrected chi connectivity index (χ4v) is 3.13. The van der Waals surface area contributed by atoms with E-state index in [1.807, 2.05) is 5.32 Å². The number of hydrogen-bond donors (Lipinski definition) is 2. The van der Waals surface area contributed by atoms with Gasteiger partial charge in [-0.15, -0.1) is 3.89 Å². The number of carbonyl (C=O) groups is 2. The normalized spacial score (nSPS) is 11.0. The number of benzene rings is 2. The van der Waals surface area contributed by atoms with E-state index in [4.69, 9.17) is 34.8 Å². The third-order valence-corrected chi connectivity index (χ3v) is 4.65. The van der Waals surface area contributed by atoms with Crippen molar-refractivity contribution in [3.63, 3.8) is 0 Å². The van der Waals surface area contributed by atoms with E-state index in [1.54, 1.807) is 0 Å². The predicted octanol–water partition coefficient (Wildman–Crippen LogP) is 4.27. The summed E-state index contributed by atoms with van der Waals surface area (Å²) in [7, 11) is -4.93. The van der Waals surface area contributed by atoms with Crippen LogP contribution in [0.4, 0.5) is 14.4 Å². The molecule has 25 heavy (non-hydrogen) atoms. The Balaban J connectivity index is 2.14. The monoisotopic (exact) mass is 424 g/mol. The first-order valence-electron chi connectivity index (χ1n) is 6.40. The number of anilines is 1. The smallest absolute Gasteiger partial charge is 0.306 e. The van der Waals surface area contributed by atoms with Crippen LogP contribution in [0.2, 0.25) is 15.1 Å². The Morgan fingerprint density at radius 1 is 0.960 bits per heavy atom. The molecule has 0 bridgehead atoms. The average Bonchev–Trinajstić information content (AvgIpc) is 2.48. The molecule has 0 aliphatic carbocycles. The van der Waals surface area contributed by atoms with Crippen LogP contribution >= 0.6 is 34.8 Å². The van der Waals surface area contributed by atoms with Gasteiger partial charge in [-0.2, -0.15) is 8.42 Å². The number of halogens is 4. The molecule has 0 aliphatic rings. The summed E-state index contributed by atoms with van der Waals surface area (Å²) in [6.07, 6.45) is 0. The summed E-state index contributed by atoms with van der Waals surface area (Å²) in [5.41, 5.74) is -0.129. The molecule has 6 nitrogen and oxygen atoms in total. The molecule has 2 N–H and O–H groups in total. The Hall–Kier alpha value is -1.87. The number of imide groups is 1. The van der Waals surface area contributed by atoms with Gasteiger partial charge in [-0.05, 0) is 30.3 Å². The Labute approximate surface area is 157 Å². The van der Waals surface area contributed by atoms with Crippen molar-refractivity contribution in [2.45, 2.75) is 4.90 Å². The van der Waals surface area contributed by atoms with Crippen molar-refractivity contribution in [2.75, 3.05) is 5.32 Å². The SMILES string of the molecule is O=C(NC(=O)c1c(Cl)cccc1Cl)Nc1ccc(S(=O)(=O)F)cc1Cl. The van der Waals surface area contributed by atoms with E-state index >= 15 is 0 Å². The zero-order chi connectivity index (χ0) is 18.8. The minimum atomic E-state index is -4.93. The third-order valence-electron chi connectivity index (χ3n) is 2.89. The minimum absolute atomic E-state index is 0.0374. The first-order chi connectivity index (χ1) is 11.6. The van der Waals surface area contributed by atoms with E-state index in [1.165, 1.54) is 18.2 Å². The van der Waals surface area contributed by atoms with E-state index in [0.29, 0.717) is 0 Å². The van der Waals surface area contributed by atoms with Crippen LogP contribution in [-0.4, -0.2) is 20.4 Å². The standard InChI is InChI=1S/C14H8Cl3FN2O4S/c15-8-2-1-3-9(16)12(8)13(21)20-14(22)19-11-5-4-7(6-10(11)17)25(18,23)24/h1-6H,(H2,19,20,21,22). The molecule has 2 aromatic carbocycles. The number of carbonyl (C=O) groups excluding carboxylic acids is 2. The summed E-state index contributed by atoms with van der Waals surface area (Å²) in [6.45, 7) is 0. The van der Waals surface area contributed by atoms with Crippen LogP contribution in [0.3, 0.4) is 0 Å². The Morgan fingerprint density at radius 2 is 1.56 bits per heavy atom. The maximum Gasteiger partial charge on any atom is 0.332 e. The maximum absolute atomic E-state index is 12.9. The summed E-state index contributed by atoms with van der Waals surface area (Å²) in [4.78, 5) is 23.3. The Kier molecular flexibility index (Phi) is 5.89. The molecule has 0 aromatic heterocycles. The molecule has 0 spiro atoms. The van der Waals surface area contributed by atoms with E-state index in [2.05, 4.69) is 5.32 Å². The molecule has 3 amide bonds. The molecular formula is C14H8Cl3FN2O4S. The van der Waals surface area contributed by atoms with Crippen molar-refractivity contribution in [1.82, 2.24) is 5.32 Å². The number of hydrogen-bond acceptors (Lipinski definition) is 4. The number of amides is 3. The summed E-state index contributed by atoms with van der Waals surface area (Å²) in [5.74, 6) is -0.854. The zero-order valence-electron chi connectivity index (χ0n) is 12.0. The molecule has 2 rings (SSSR count). The molecule has 0 heterocycles. The lowest BCUT2D eigenvalue weighted by atomic mass is 10.2. The Morgan fingerprint density at radius 3 is 2.08 bits per heavy atom. The van der Waals surface area contributed by atoms with Crippen molar-refractivity contribution >= 4 is 62.7 Å². The molecule has 0 fully saturated rings. The molecule has 0 radical (unpaired) electrons. The first kappa shape index (κ1) is 19.5. The van der Waals surface area contributed by atoms with Gasteiger partial charge in [-0.25, -0.2) is 4.79 Å². The number of urea groups is 1. The predicted molar refractivity (Wildman–Crippen MR) is 92.7 cm³/mol. The fourth-order valence-electron chi connectivity index (χ4n) is 1.78. The van der Waals surface area contributed by atoms with Crippen molar-refractivity contribution in [1.29, 1.82) is 0 Å². The molecule has 0 saturated heterocycles. The van der Waals surface area contributed by atoms with Gasteiger partial charge >= 0.3 is 16.3 Å². The average molecular weight is 426 g/mol. The van der Waals surface area contributed by atoms with E-state index in [0.717, 1.165) is 18.2 Å². The Bertz CT molecular complexity index is 946. The van der Waals surface area contributed by atoms with Gasteiger partial charge in [0.15, 0.2) is 0 Å². The van der Waals surface area contributed by atoms with Crippen molar-refractivity contribution in [3.05, 3.63) is 57.0 Å². The number of nitrogens with one attached hydrogen (secondary N) is 2. The van der Waals surface area contributed by atoms with Gasteiger partial charge < -0.3 is 5.32 Å². The van der Waals surface area contributed by atoms with Crippen LogP contribution < -0.4 is 10.6 Å². The van der Waals surface area contributed by atoms with Crippen molar-refractivity contribution in [2.24, 2.45) is 0 Å². The minimum Gasteiger partial charge on any atom is -0.306 e. The van der Waals surface area contributed by atoms with Crippen molar-refractivity contribution < 1.29 is 21.9 Å². The molecule has 0 unspecified atom stereocenters. The molecule has 0 aliphatic heterocycles. The molecular weight excluding hydrogens is 418 g/mol. The lowest BCUT2D eigenvalue weighted by Gasteiger charge is -2.10. The van der Waals surface area contributed by atoms with E-state index in [9.17, 15) is 21.9 Å². The van der Waals surface area contributed by atoms with E-state index < -0.39 is 27.1 Å². The third kappa shape index (κ3) is 4.82. The van der Waals surface area contributed by atoms with Crippen LogP contribution in [0.1, 0.15) is 10.4 Å². The van der Waals surface area contributed by atoms with Gasteiger partial charge in [-0.1, -0.05) is 40.9 Å². The second kappa shape index (κ2) is 7.57. The highest BCUT2D eigenvalue weighted by Crippen LogP contribution is 2.26. The highest BCUT2D eigenvalue weighted by Gasteiger charge is 2.18. The lowest BCUT2D eigenvalue weighted by Crippen LogP contribution is -2.34. The molecule has 0 atom stereocenters. The molecule has 2 aromatic rings. The highest BCUT2D eigenvalue weighted by molar-refractivity contribution is 7.86. The quantitative estimate of drug-likeness (QED) is 0.718. The number of rotatable bonds is 3. The van der Waals surface area contributed by atoms with Crippen LogP contribution in [-0.2, 0) is 10.2 Å². The molecule has 132 valence electrons. The van der Waals surface area contributed by atoms with Crippen LogP contribution in [0.5, 0.6) is 0 Å². The van der Waals surface area contributed by atoms with Crippen LogP contribution in [0.15, 0.2) is 41.3 Å². The zero-order valence-corrected chi connectivity index (χ0v) is 15.1. The topological polar surface area (TPSA) is 92.3 Å². The van der Waals surface area contributed by atoms with Crippen LogP contribution in [0.25, 0.3) is 0 Å². The summed E-state index contributed by atoms with van der Waals surface area (Å²) >= 11 is 17.5. The highest BCUT2D eigenvalue weighted by atomic mass is 35.5. The van der Waals surface area contributed by atoms with E-state index in [-0.39, 0.29) is 26.3 Å². The summed E-state index contributed by atoms with van der Waals surface area (Å²) in [6, 6.07) is 6.20. The second-order valence-electron chi connectivity index (χ2n) is 4.58. The van der Waals surface area contributed by atoms with Gasteiger partial charge in [0.25, 0.3) is 5.91 Å². The van der Waals surface area contributed by atoms with Crippen LogP contribution in [0, 0.1) is 0 Å². The second-order valence-corrected chi connectivity index (χ2v) is 7.15. The summed E-state index contributed by atoms with van der Waals surface area (Å²) in [5, 5.41) is 4.07. The first-order valence-corrected chi connectivity index (χ1v) is 8.92. The van der Waals surface area contributed by atoms with Gasteiger partial charge in [0, 0.05) is 0 Å². The van der Waals surface area contributed by atoms with Crippen molar-refractivity contribution in [3.8, 4) is 0 Å². The fraction of sp³-hybridized carbons (Fsp3) is 0. The van der Waals surface area contributed by atoms with Gasteiger partial charge in [0.2, 0.25) is 0 Å². The molecule has 11 heteroatoms. The largest absolute Gasteiger partial charge is 0.332 e. The summed E-state index contributed by atoms with van der Waals surface area (Å²) < 4.78 is 34.5. The maximum atomic E-state index is 12.9. The van der Waals surface area contributed by atoms with Gasteiger partial charge in [0.1, 0.15) is 4.90 Å². The van der Waals surface area contributed by atoms with Gasteiger partial charge in [0.05, 0.1) is 26.3 Å². The molecule has 0 saturated carbocycles. The lowest BCUT2D eigenvalue weighted by molar-refractivity contribution is 0.0967.